The molecule has 0 saturated carbocycles. The molecular weight excluding hydrogens is 367 g/mol. The van der Waals surface area contributed by atoms with Gasteiger partial charge in [-0.3, -0.25) is 14.6 Å². The zero-order valence-corrected chi connectivity index (χ0v) is 14.3. The van der Waals surface area contributed by atoms with Gasteiger partial charge >= 0.3 is 17.9 Å². The summed E-state index contributed by atoms with van der Waals surface area (Å²) in [6.07, 6.45) is 0.437. The number of nitrogens with zero attached hydrogens (tertiary/aromatic N) is 1. The lowest BCUT2D eigenvalue weighted by Gasteiger charge is -2.27. The minimum Gasteiger partial charge on any atom is -0.490 e. The Bertz CT molecular complexity index is 632. The summed E-state index contributed by atoms with van der Waals surface area (Å²) in [7, 11) is 0. The second kappa shape index (κ2) is 10.4. The van der Waals surface area contributed by atoms with Crippen LogP contribution < -0.4 is 10.1 Å². The summed E-state index contributed by atoms with van der Waals surface area (Å²) < 4.78 is 17.6. The van der Waals surface area contributed by atoms with Crippen LogP contribution in [-0.2, 0) is 21.1 Å². The van der Waals surface area contributed by atoms with Crippen molar-refractivity contribution in [1.82, 2.24) is 10.3 Å². The number of nitrogens with one attached hydrogen (secondary N) is 1. The predicted molar refractivity (Wildman–Crippen MR) is 88.0 cm³/mol. The fourth-order valence-corrected chi connectivity index (χ4v) is 1.98. The summed E-state index contributed by atoms with van der Waals surface area (Å²) in [4.78, 5) is 34.4. The first-order chi connectivity index (χ1) is 12.7. The number of carbonyl (C=O) groups is 3. The fourth-order valence-electron chi connectivity index (χ4n) is 1.98. The summed E-state index contributed by atoms with van der Waals surface area (Å²) >= 11 is 0. The Kier molecular flexibility index (Phi) is 8.56. The monoisotopic (exact) mass is 388 g/mol. The van der Waals surface area contributed by atoms with Crippen molar-refractivity contribution in [3.05, 3.63) is 24.0 Å². The minimum atomic E-state index is -2.74. The van der Waals surface area contributed by atoms with Crippen molar-refractivity contribution in [1.29, 1.82) is 0 Å². The van der Waals surface area contributed by atoms with Crippen molar-refractivity contribution in [2.24, 2.45) is 0 Å². The van der Waals surface area contributed by atoms with Gasteiger partial charge in [0, 0.05) is 6.04 Å². The number of aromatic nitrogens is 1. The van der Waals surface area contributed by atoms with Gasteiger partial charge < -0.3 is 30.5 Å². The van der Waals surface area contributed by atoms with Crippen LogP contribution in [0.3, 0.4) is 0 Å². The first-order valence-electron chi connectivity index (χ1n) is 7.92. The molecule has 1 atom stereocenters. The van der Waals surface area contributed by atoms with Crippen LogP contribution in [0.2, 0.25) is 0 Å². The summed E-state index contributed by atoms with van der Waals surface area (Å²) in [5, 5.41) is 37.0. The second-order valence-electron chi connectivity index (χ2n) is 5.85. The number of rotatable bonds is 9. The maximum atomic E-state index is 12.1. The van der Waals surface area contributed by atoms with Gasteiger partial charge in [-0.15, -0.1) is 0 Å². The van der Waals surface area contributed by atoms with E-state index in [1.54, 1.807) is 18.3 Å². The maximum Gasteiger partial charge on any atom is 0.336 e. The van der Waals surface area contributed by atoms with Gasteiger partial charge in [-0.05, 0) is 25.1 Å². The summed E-state index contributed by atoms with van der Waals surface area (Å²) in [6, 6.07) is 3.86. The van der Waals surface area contributed by atoms with Crippen LogP contribution in [0.15, 0.2) is 18.3 Å². The van der Waals surface area contributed by atoms with Crippen LogP contribution in [-0.4, -0.2) is 68.1 Å². The molecule has 2 heterocycles. The van der Waals surface area contributed by atoms with E-state index in [4.69, 9.17) is 25.2 Å². The van der Waals surface area contributed by atoms with E-state index in [2.05, 4.69) is 10.3 Å². The molecule has 0 aromatic carbocycles. The van der Waals surface area contributed by atoms with E-state index >= 15 is 0 Å². The Morgan fingerprint density at radius 3 is 2.15 bits per heavy atom. The van der Waals surface area contributed by atoms with E-state index in [1.807, 2.05) is 0 Å². The highest BCUT2D eigenvalue weighted by Gasteiger charge is 2.40. The molecule has 27 heavy (non-hydrogen) atoms. The van der Waals surface area contributed by atoms with Crippen LogP contribution in [0.5, 0.6) is 5.75 Å². The molecule has 10 nitrogen and oxygen atoms in total. The Hall–Kier alpha value is -2.79. The Morgan fingerprint density at radius 2 is 1.81 bits per heavy atom. The molecule has 0 radical (unpaired) electrons. The van der Waals surface area contributed by atoms with Crippen molar-refractivity contribution in [3.8, 4) is 5.75 Å². The van der Waals surface area contributed by atoms with Gasteiger partial charge in [-0.2, -0.15) is 0 Å². The van der Waals surface area contributed by atoms with E-state index in [0.29, 0.717) is 24.1 Å². The molecule has 1 aromatic heterocycles. The van der Waals surface area contributed by atoms with Gasteiger partial charge in [-0.1, -0.05) is 0 Å². The Morgan fingerprint density at radius 1 is 1.22 bits per heavy atom. The van der Waals surface area contributed by atoms with Gasteiger partial charge in [0.25, 0.3) is 0 Å². The smallest absolute Gasteiger partial charge is 0.336 e. The maximum absolute atomic E-state index is 12.1. The van der Waals surface area contributed by atoms with E-state index in [1.165, 1.54) is 0 Å². The number of hydrogen-bond donors (Lipinski definition) is 5. The number of pyridine rings is 1. The van der Waals surface area contributed by atoms with Gasteiger partial charge in [0.15, 0.2) is 5.60 Å². The summed E-state index contributed by atoms with van der Waals surface area (Å²) in [5.41, 5.74) is -2.29. The molecular formula is C16H21FN2O8. The number of carboxylic acid groups (broad SMARTS) is 3. The fraction of sp³-hybridized carbons (Fsp3) is 0.500. The third-order valence-electron chi connectivity index (χ3n) is 3.60. The third-order valence-corrected chi connectivity index (χ3v) is 3.60. The van der Waals surface area contributed by atoms with Gasteiger partial charge in [0.1, 0.15) is 19.0 Å². The normalized spacial score (nSPS) is 15.7. The number of ether oxygens (including phenoxy) is 1. The number of alkyl halides is 1. The molecule has 1 saturated heterocycles. The third kappa shape index (κ3) is 7.96. The zero-order chi connectivity index (χ0) is 20.4. The molecule has 1 aromatic rings. The first kappa shape index (κ1) is 22.3. The topological polar surface area (TPSA) is 166 Å². The van der Waals surface area contributed by atoms with Crippen molar-refractivity contribution < 1.29 is 43.9 Å². The van der Waals surface area contributed by atoms with E-state index in [9.17, 15) is 18.8 Å². The van der Waals surface area contributed by atoms with Crippen molar-refractivity contribution in [2.45, 2.75) is 37.6 Å². The number of aliphatic carboxylic acids is 3. The van der Waals surface area contributed by atoms with Crippen LogP contribution in [0.4, 0.5) is 4.39 Å². The molecule has 1 aliphatic rings. The molecule has 0 amide bonds. The highest BCUT2D eigenvalue weighted by atomic mass is 19.1. The van der Waals surface area contributed by atoms with Crippen LogP contribution >= 0.6 is 0 Å². The highest BCUT2D eigenvalue weighted by Crippen LogP contribution is 2.15. The molecule has 1 fully saturated rings. The van der Waals surface area contributed by atoms with Crippen LogP contribution in [0, 0.1) is 0 Å². The summed E-state index contributed by atoms with van der Waals surface area (Å²) in [6.45, 7) is 1.22. The van der Waals surface area contributed by atoms with Crippen LogP contribution in [0.25, 0.3) is 0 Å². The molecule has 1 aliphatic heterocycles. The molecule has 150 valence electrons. The molecule has 0 aliphatic carbocycles. The van der Waals surface area contributed by atoms with Crippen molar-refractivity contribution in [2.75, 3.05) is 13.2 Å². The van der Waals surface area contributed by atoms with Gasteiger partial charge in [-0.25, -0.2) is 9.18 Å². The van der Waals surface area contributed by atoms with E-state index < -0.39 is 43.0 Å². The molecule has 0 spiro atoms. The molecule has 0 unspecified atom stereocenters. The second-order valence-corrected chi connectivity index (χ2v) is 5.85. The quantitative estimate of drug-likeness (QED) is 0.390. The van der Waals surface area contributed by atoms with Gasteiger partial charge in [0.05, 0.1) is 24.7 Å². The van der Waals surface area contributed by atoms with E-state index in [0.717, 1.165) is 13.0 Å². The Balaban J connectivity index is 0.000000271. The van der Waals surface area contributed by atoms with Crippen molar-refractivity contribution in [3.63, 3.8) is 0 Å². The molecule has 2 rings (SSSR count). The number of aliphatic hydroxyl groups is 1. The predicted octanol–water partition coefficient (Wildman–Crippen LogP) is 0.0433. The minimum absolute atomic E-state index is 0.444. The van der Waals surface area contributed by atoms with E-state index in [-0.39, 0.29) is 0 Å². The average Bonchev–Trinajstić information content (AvgIpc) is 2.53. The largest absolute Gasteiger partial charge is 0.490 e. The lowest BCUT2D eigenvalue weighted by atomic mass is 9.96. The Labute approximate surface area is 153 Å². The number of hydrogen-bond acceptors (Lipinski definition) is 7. The highest BCUT2D eigenvalue weighted by molar-refractivity contribution is 5.88. The lowest BCUT2D eigenvalue weighted by Crippen LogP contribution is -2.46. The average molecular weight is 388 g/mol. The lowest BCUT2D eigenvalue weighted by molar-refractivity contribution is -0.170. The standard InChI is InChI=1S/C10H13FN2O.C6H8O7/c11-5-8-1-2-10(6-13-8)14-7-9-3-4-12-9;7-3(8)1-6(13,5(11)12)2-4(9)10/h1-2,6,9,12H,3-5,7H2;13H,1-2H2,(H,7,8)(H,9,10)(H,11,12)/t9-;/m1./s1. The zero-order valence-electron chi connectivity index (χ0n) is 14.3. The number of carboxylic acids is 3. The molecule has 11 heteroatoms. The molecule has 0 bridgehead atoms. The first-order valence-corrected chi connectivity index (χ1v) is 7.92. The van der Waals surface area contributed by atoms with Gasteiger partial charge in [0.2, 0.25) is 0 Å². The van der Waals surface area contributed by atoms with Crippen molar-refractivity contribution >= 4 is 17.9 Å². The van der Waals surface area contributed by atoms with Crippen LogP contribution in [0.1, 0.15) is 25.0 Å². The molecule has 5 N–H and O–H groups in total. The number of halogens is 1. The SMILES string of the molecule is FCc1ccc(OC[C@H]2CCN2)cn1.O=C(O)CC(O)(CC(=O)O)C(=O)O. The summed E-state index contributed by atoms with van der Waals surface area (Å²) in [5.74, 6) is -4.31.